The molecule has 4 heterocycles. The van der Waals surface area contributed by atoms with E-state index in [4.69, 9.17) is 0 Å². The summed E-state index contributed by atoms with van der Waals surface area (Å²) in [6.45, 7) is 6.82. The van der Waals surface area contributed by atoms with E-state index >= 15 is 0 Å². The minimum absolute atomic E-state index is 0.0260. The number of benzene rings is 1. The van der Waals surface area contributed by atoms with E-state index < -0.39 is 11.6 Å². The fourth-order valence-corrected chi connectivity index (χ4v) is 4.73. The standard InChI is InChI=1S/C23H24F2N8S/c1-13-10-26-21(27-11-13)14(2)15(3)34-31-23-30-29-22(16-12-28-32-9-5-8-19(16)32)33(23)20-17(24)6-4-7-18(20)25/h4,6-7,10-12,14-15H,5,8-9H2,1-3H3,(H,30,31). The number of hydrogen-bond donors (Lipinski definition) is 1. The van der Waals surface area contributed by atoms with E-state index in [1.165, 1.54) is 34.7 Å². The fourth-order valence-electron chi connectivity index (χ4n) is 3.98. The minimum atomic E-state index is -0.701. The lowest BCUT2D eigenvalue weighted by Gasteiger charge is -2.19. The summed E-state index contributed by atoms with van der Waals surface area (Å²) in [4.78, 5) is 8.84. The van der Waals surface area contributed by atoms with Crippen LogP contribution in [0.1, 0.15) is 43.3 Å². The second kappa shape index (κ2) is 9.13. The van der Waals surface area contributed by atoms with Gasteiger partial charge in [0.2, 0.25) is 5.95 Å². The molecule has 0 spiro atoms. The molecule has 0 radical (unpaired) electrons. The first-order chi connectivity index (χ1) is 16.4. The third-order valence-corrected chi connectivity index (χ3v) is 7.13. The Morgan fingerprint density at radius 1 is 1.06 bits per heavy atom. The number of hydrogen-bond acceptors (Lipinski definition) is 7. The van der Waals surface area contributed by atoms with Gasteiger partial charge >= 0.3 is 0 Å². The maximum absolute atomic E-state index is 14.9. The summed E-state index contributed by atoms with van der Waals surface area (Å²) in [6, 6.07) is 3.78. The lowest BCUT2D eigenvalue weighted by molar-refractivity contribution is 0.570. The van der Waals surface area contributed by atoms with Gasteiger partial charge in [-0.15, -0.1) is 10.2 Å². The number of rotatable bonds is 7. The maximum Gasteiger partial charge on any atom is 0.239 e. The fraction of sp³-hybridized carbons (Fsp3) is 0.348. The number of aryl methyl sites for hydroxylation is 2. The Morgan fingerprint density at radius 3 is 2.53 bits per heavy atom. The molecule has 34 heavy (non-hydrogen) atoms. The number of halogens is 2. The van der Waals surface area contributed by atoms with Crippen LogP contribution in [0.3, 0.4) is 0 Å². The van der Waals surface area contributed by atoms with Crippen molar-refractivity contribution in [1.82, 2.24) is 34.5 Å². The molecule has 1 aromatic carbocycles. The molecule has 5 rings (SSSR count). The first-order valence-electron chi connectivity index (χ1n) is 11.1. The first kappa shape index (κ1) is 22.5. The van der Waals surface area contributed by atoms with Crippen molar-refractivity contribution in [3.8, 4) is 17.1 Å². The van der Waals surface area contributed by atoms with E-state index in [1.807, 2.05) is 25.5 Å². The highest BCUT2D eigenvalue weighted by molar-refractivity contribution is 8.01. The quantitative estimate of drug-likeness (QED) is 0.382. The SMILES string of the molecule is Cc1cnc(C(C)C(C)SNc2nnc(-c3cnn4c3CCC4)n2-c2c(F)cccc2F)nc1. The summed E-state index contributed by atoms with van der Waals surface area (Å²) >= 11 is 1.37. The zero-order chi connectivity index (χ0) is 23.8. The molecular weight excluding hydrogens is 458 g/mol. The second-order valence-corrected chi connectivity index (χ2v) is 9.60. The highest BCUT2D eigenvalue weighted by Gasteiger charge is 2.27. The number of nitrogens with zero attached hydrogens (tertiary/aromatic N) is 7. The molecular formula is C23H24F2N8S. The maximum atomic E-state index is 14.9. The molecule has 176 valence electrons. The van der Waals surface area contributed by atoms with E-state index in [9.17, 15) is 8.78 Å². The number of fused-ring (bicyclic) bond motifs is 1. The molecule has 0 aliphatic carbocycles. The summed E-state index contributed by atoms with van der Waals surface area (Å²) in [5.74, 6) is -0.0772. The van der Waals surface area contributed by atoms with E-state index in [1.54, 1.807) is 18.6 Å². The van der Waals surface area contributed by atoms with Crippen LogP contribution in [-0.4, -0.2) is 39.8 Å². The van der Waals surface area contributed by atoms with Gasteiger partial charge in [-0.05, 0) is 49.4 Å². The van der Waals surface area contributed by atoms with Crippen LogP contribution in [0.15, 0.2) is 36.8 Å². The van der Waals surface area contributed by atoms with E-state index in [2.05, 4.69) is 30.0 Å². The van der Waals surface area contributed by atoms with Crippen LogP contribution in [0.5, 0.6) is 0 Å². The number of anilines is 1. The van der Waals surface area contributed by atoms with Gasteiger partial charge in [-0.25, -0.2) is 18.7 Å². The normalized spacial score (nSPS) is 14.7. The summed E-state index contributed by atoms with van der Waals surface area (Å²) < 4.78 is 36.2. The number of para-hydroxylation sites is 1. The van der Waals surface area contributed by atoms with Crippen LogP contribution in [0.2, 0.25) is 0 Å². The molecule has 8 nitrogen and oxygen atoms in total. The van der Waals surface area contributed by atoms with Crippen LogP contribution in [0, 0.1) is 18.6 Å². The smallest absolute Gasteiger partial charge is 0.239 e. The third kappa shape index (κ3) is 4.04. The van der Waals surface area contributed by atoms with Crippen molar-refractivity contribution < 1.29 is 8.78 Å². The predicted molar refractivity (Wildman–Crippen MR) is 127 cm³/mol. The van der Waals surface area contributed by atoms with Gasteiger partial charge < -0.3 is 0 Å². The summed E-state index contributed by atoms with van der Waals surface area (Å²) in [5.41, 5.74) is 2.47. The van der Waals surface area contributed by atoms with Gasteiger partial charge in [-0.2, -0.15) is 5.10 Å². The number of aromatic nitrogens is 7. The Labute approximate surface area is 200 Å². The Kier molecular flexibility index (Phi) is 6.03. The third-order valence-electron chi connectivity index (χ3n) is 6.05. The summed E-state index contributed by atoms with van der Waals surface area (Å²) in [5, 5.41) is 13.0. The van der Waals surface area contributed by atoms with E-state index in [0.717, 1.165) is 42.0 Å². The zero-order valence-electron chi connectivity index (χ0n) is 19.0. The van der Waals surface area contributed by atoms with Crippen molar-refractivity contribution in [3.63, 3.8) is 0 Å². The second-order valence-electron chi connectivity index (χ2n) is 8.42. The van der Waals surface area contributed by atoms with Gasteiger partial charge in [-0.3, -0.25) is 14.0 Å². The molecule has 0 bridgehead atoms. The minimum Gasteiger partial charge on any atom is -0.298 e. The van der Waals surface area contributed by atoms with Crippen molar-refractivity contribution in [3.05, 3.63) is 65.5 Å². The van der Waals surface area contributed by atoms with Crippen LogP contribution in [-0.2, 0) is 13.0 Å². The molecule has 0 saturated carbocycles. The lowest BCUT2D eigenvalue weighted by atomic mass is 10.1. The molecule has 0 amide bonds. The molecule has 4 aromatic rings. The molecule has 3 aromatic heterocycles. The lowest BCUT2D eigenvalue weighted by Crippen LogP contribution is -2.15. The first-order valence-corrected chi connectivity index (χ1v) is 12.0. The van der Waals surface area contributed by atoms with Crippen molar-refractivity contribution >= 4 is 17.9 Å². The van der Waals surface area contributed by atoms with Gasteiger partial charge in [0.05, 0.1) is 11.8 Å². The Balaban J connectivity index is 1.49. The van der Waals surface area contributed by atoms with Gasteiger partial charge in [0.25, 0.3) is 0 Å². The Bertz CT molecular complexity index is 1300. The summed E-state index contributed by atoms with van der Waals surface area (Å²) in [6.07, 6.45) is 7.06. The molecule has 1 aliphatic heterocycles. The van der Waals surface area contributed by atoms with Gasteiger partial charge in [0.15, 0.2) is 5.82 Å². The van der Waals surface area contributed by atoms with Crippen molar-refractivity contribution in [2.45, 2.75) is 51.3 Å². The van der Waals surface area contributed by atoms with Crippen LogP contribution in [0.25, 0.3) is 17.1 Å². The van der Waals surface area contributed by atoms with Crippen molar-refractivity contribution in [2.24, 2.45) is 0 Å². The molecule has 0 saturated heterocycles. The summed E-state index contributed by atoms with van der Waals surface area (Å²) in [7, 11) is 0. The molecule has 1 aliphatic rings. The Morgan fingerprint density at radius 2 is 1.79 bits per heavy atom. The average Bonchev–Trinajstić information content (AvgIpc) is 3.54. The van der Waals surface area contributed by atoms with Crippen LogP contribution >= 0.6 is 11.9 Å². The van der Waals surface area contributed by atoms with Crippen LogP contribution in [0.4, 0.5) is 14.7 Å². The number of nitrogens with one attached hydrogen (secondary N) is 1. The highest BCUT2D eigenvalue weighted by atomic mass is 32.2. The molecule has 1 N–H and O–H groups in total. The Hall–Kier alpha value is -3.34. The predicted octanol–water partition coefficient (Wildman–Crippen LogP) is 4.71. The monoisotopic (exact) mass is 482 g/mol. The van der Waals surface area contributed by atoms with Crippen molar-refractivity contribution in [2.75, 3.05) is 4.72 Å². The largest absolute Gasteiger partial charge is 0.298 e. The van der Waals surface area contributed by atoms with Crippen LogP contribution < -0.4 is 4.72 Å². The highest BCUT2D eigenvalue weighted by Crippen LogP contribution is 2.34. The van der Waals surface area contributed by atoms with Gasteiger partial charge in [0.1, 0.15) is 23.1 Å². The molecule has 2 unspecified atom stereocenters. The molecule has 2 atom stereocenters. The van der Waals surface area contributed by atoms with Gasteiger partial charge in [-0.1, -0.05) is 19.9 Å². The van der Waals surface area contributed by atoms with E-state index in [0.29, 0.717) is 5.82 Å². The van der Waals surface area contributed by atoms with Crippen molar-refractivity contribution in [1.29, 1.82) is 0 Å². The molecule has 0 fully saturated rings. The van der Waals surface area contributed by atoms with Gasteiger partial charge in [0, 0.05) is 35.8 Å². The van der Waals surface area contributed by atoms with E-state index in [-0.39, 0.29) is 22.8 Å². The topological polar surface area (TPSA) is 86.3 Å². The average molecular weight is 483 g/mol. The molecule has 11 heteroatoms. The zero-order valence-corrected chi connectivity index (χ0v) is 19.9.